The van der Waals surface area contributed by atoms with Crippen molar-refractivity contribution >= 4 is 35.3 Å². The summed E-state index contributed by atoms with van der Waals surface area (Å²) in [6.07, 6.45) is 8.02. The summed E-state index contributed by atoms with van der Waals surface area (Å²) < 4.78 is 0. The van der Waals surface area contributed by atoms with Crippen LogP contribution >= 0.6 is 11.8 Å². The second-order valence-corrected chi connectivity index (χ2v) is 11.8. The number of amides is 2. The quantitative estimate of drug-likeness (QED) is 0.228. The largest absolute Gasteiger partial charge is 0.352 e. The Morgan fingerprint density at radius 2 is 1.80 bits per heavy atom. The summed E-state index contributed by atoms with van der Waals surface area (Å²) in [6, 6.07) is 24.5. The Balaban J connectivity index is 1.22. The fourth-order valence-corrected chi connectivity index (χ4v) is 6.72. The fraction of sp³-hybridized carbons (Fsp3) is 0.353. The highest BCUT2D eigenvalue weighted by Crippen LogP contribution is 2.42. The smallest absolute Gasteiger partial charge is 0.265 e. The highest BCUT2D eigenvalue weighted by Gasteiger charge is 2.29. The number of thioether (sulfide) groups is 1. The molecule has 1 N–H and O–H groups in total. The first-order valence-electron chi connectivity index (χ1n) is 14.5. The lowest BCUT2D eigenvalue weighted by Crippen LogP contribution is -2.40. The molecule has 2 aliphatic rings. The first-order valence-corrected chi connectivity index (χ1v) is 15.3. The Labute approximate surface area is 242 Å². The molecule has 1 saturated heterocycles. The van der Waals surface area contributed by atoms with Gasteiger partial charge in [0.2, 0.25) is 0 Å². The molecule has 40 heavy (non-hydrogen) atoms. The molecular weight excluding hydrogens is 514 g/mol. The molecule has 1 atom stereocenters. The maximum absolute atomic E-state index is 13.7. The summed E-state index contributed by atoms with van der Waals surface area (Å²) in [6.45, 7) is 7.78. The first-order chi connectivity index (χ1) is 19.5. The Hall–Kier alpha value is -3.35. The van der Waals surface area contributed by atoms with E-state index in [0.29, 0.717) is 29.6 Å². The lowest BCUT2D eigenvalue weighted by molar-refractivity contribution is -0.114. The normalized spacial score (nSPS) is 18.6. The topological polar surface area (TPSA) is 52.7 Å². The molecule has 2 amide bonds. The Bertz CT molecular complexity index is 1370. The molecule has 0 aliphatic carbocycles. The molecule has 2 heterocycles. The number of hydrogen-bond donors (Lipinski definition) is 1. The number of carbonyl (C=O) groups is 2. The molecule has 5 nitrogen and oxygen atoms in total. The van der Waals surface area contributed by atoms with Crippen LogP contribution in [0.3, 0.4) is 0 Å². The van der Waals surface area contributed by atoms with Crippen molar-refractivity contribution in [3.63, 3.8) is 0 Å². The van der Waals surface area contributed by atoms with Crippen molar-refractivity contribution in [1.82, 2.24) is 10.2 Å². The Morgan fingerprint density at radius 3 is 2.60 bits per heavy atom. The van der Waals surface area contributed by atoms with Crippen molar-refractivity contribution in [2.75, 3.05) is 24.5 Å². The maximum Gasteiger partial charge on any atom is 0.265 e. The SMILES string of the molecule is CCC1CCCCN1CCCNC(=O)c1ccc(/C=C2/Sc3ccccc3N(Cc3ccccc3C)C2=O)cc1. The van der Waals surface area contributed by atoms with Crippen molar-refractivity contribution in [2.45, 2.75) is 63.4 Å². The van der Waals surface area contributed by atoms with Gasteiger partial charge in [-0.25, -0.2) is 0 Å². The number of hydrogen-bond acceptors (Lipinski definition) is 4. The summed E-state index contributed by atoms with van der Waals surface area (Å²) in [5.74, 6) is -0.0564. The molecule has 0 saturated carbocycles. The van der Waals surface area contributed by atoms with E-state index in [-0.39, 0.29) is 11.8 Å². The molecule has 3 aromatic carbocycles. The van der Waals surface area contributed by atoms with E-state index in [1.54, 1.807) is 0 Å². The van der Waals surface area contributed by atoms with Gasteiger partial charge in [-0.05, 0) is 86.2 Å². The molecule has 1 fully saturated rings. The van der Waals surface area contributed by atoms with Crippen molar-refractivity contribution < 1.29 is 9.59 Å². The maximum atomic E-state index is 13.7. The van der Waals surface area contributed by atoms with Crippen molar-refractivity contribution in [2.24, 2.45) is 0 Å². The van der Waals surface area contributed by atoms with Crippen molar-refractivity contribution in [1.29, 1.82) is 0 Å². The minimum Gasteiger partial charge on any atom is -0.352 e. The van der Waals surface area contributed by atoms with Crippen molar-refractivity contribution in [3.05, 3.63) is 100.0 Å². The number of rotatable bonds is 9. The molecule has 0 radical (unpaired) electrons. The van der Waals surface area contributed by atoms with Crippen LogP contribution in [0.4, 0.5) is 5.69 Å². The number of benzene rings is 3. The molecule has 0 bridgehead atoms. The number of aryl methyl sites for hydroxylation is 1. The molecule has 5 rings (SSSR count). The highest BCUT2D eigenvalue weighted by atomic mass is 32.2. The summed E-state index contributed by atoms with van der Waals surface area (Å²) in [5.41, 5.74) is 4.78. The lowest BCUT2D eigenvalue weighted by Gasteiger charge is -2.35. The summed E-state index contributed by atoms with van der Waals surface area (Å²) in [7, 11) is 0. The third-order valence-corrected chi connectivity index (χ3v) is 9.10. The number of carbonyl (C=O) groups excluding carboxylic acids is 2. The van der Waals surface area contributed by atoms with Gasteiger partial charge in [-0.2, -0.15) is 0 Å². The fourth-order valence-electron chi connectivity index (χ4n) is 5.66. The highest BCUT2D eigenvalue weighted by molar-refractivity contribution is 8.04. The average Bonchev–Trinajstić information content (AvgIpc) is 2.99. The first kappa shape index (κ1) is 28.2. The molecule has 208 valence electrons. The van der Waals surface area contributed by atoms with E-state index in [1.165, 1.54) is 49.6 Å². The van der Waals surface area contributed by atoms with Crippen LogP contribution in [0.25, 0.3) is 6.08 Å². The number of likely N-dealkylation sites (tertiary alicyclic amines) is 1. The van der Waals surface area contributed by atoms with E-state index in [0.717, 1.165) is 34.7 Å². The summed E-state index contributed by atoms with van der Waals surface area (Å²) >= 11 is 1.50. The molecule has 0 spiro atoms. The monoisotopic (exact) mass is 553 g/mol. The Kier molecular flexibility index (Phi) is 9.40. The van der Waals surface area contributed by atoms with Crippen LogP contribution in [-0.2, 0) is 11.3 Å². The number of para-hydroxylation sites is 1. The van der Waals surface area contributed by atoms with Crippen LogP contribution < -0.4 is 10.2 Å². The third-order valence-electron chi connectivity index (χ3n) is 8.02. The van der Waals surface area contributed by atoms with E-state index >= 15 is 0 Å². The van der Waals surface area contributed by atoms with Gasteiger partial charge >= 0.3 is 0 Å². The van der Waals surface area contributed by atoms with E-state index in [9.17, 15) is 9.59 Å². The van der Waals surface area contributed by atoms with Gasteiger partial charge in [0.25, 0.3) is 11.8 Å². The molecule has 2 aliphatic heterocycles. The van der Waals surface area contributed by atoms with Gasteiger partial charge in [0.1, 0.15) is 0 Å². The summed E-state index contributed by atoms with van der Waals surface area (Å²) in [5, 5.41) is 3.08. The van der Waals surface area contributed by atoms with Gasteiger partial charge in [-0.1, -0.05) is 73.6 Å². The van der Waals surface area contributed by atoms with E-state index in [2.05, 4.69) is 42.3 Å². The van der Waals surface area contributed by atoms with Crippen LogP contribution in [-0.4, -0.2) is 42.4 Å². The van der Waals surface area contributed by atoms with Gasteiger partial charge in [0.05, 0.1) is 17.1 Å². The van der Waals surface area contributed by atoms with E-state index in [4.69, 9.17) is 0 Å². The van der Waals surface area contributed by atoms with Crippen molar-refractivity contribution in [3.8, 4) is 0 Å². The number of fused-ring (bicyclic) bond motifs is 1. The minimum atomic E-state index is -0.0497. The van der Waals surface area contributed by atoms with Crippen LogP contribution in [0, 0.1) is 6.92 Å². The molecular formula is C34H39N3O2S. The lowest BCUT2D eigenvalue weighted by atomic mass is 10.00. The second-order valence-electron chi connectivity index (χ2n) is 10.7. The van der Waals surface area contributed by atoms with E-state index in [1.807, 2.05) is 65.6 Å². The molecule has 0 aromatic heterocycles. The Morgan fingerprint density at radius 1 is 1.02 bits per heavy atom. The van der Waals surface area contributed by atoms with Gasteiger partial charge in [0.15, 0.2) is 0 Å². The summed E-state index contributed by atoms with van der Waals surface area (Å²) in [4.78, 5) is 32.6. The van der Waals surface area contributed by atoms with Crippen LogP contribution in [0.5, 0.6) is 0 Å². The van der Waals surface area contributed by atoms with Gasteiger partial charge < -0.3 is 15.1 Å². The van der Waals surface area contributed by atoms with Crippen LogP contribution in [0.1, 0.15) is 66.1 Å². The third kappa shape index (κ3) is 6.68. The number of nitrogens with one attached hydrogen (secondary N) is 1. The molecule has 6 heteroatoms. The standard InChI is InChI=1S/C34H39N3O2S/c1-3-29-13-8-9-21-36(29)22-10-20-35-33(38)27-18-16-26(17-19-27)23-32-34(39)37(24-28-12-5-4-11-25(28)2)30-14-6-7-15-31(30)40-32/h4-7,11-12,14-19,23,29H,3,8-10,13,20-22,24H2,1-2H3,(H,35,38)/b32-23+. The second kappa shape index (κ2) is 13.3. The van der Waals surface area contributed by atoms with E-state index < -0.39 is 0 Å². The predicted molar refractivity (Wildman–Crippen MR) is 166 cm³/mol. The zero-order valence-electron chi connectivity index (χ0n) is 23.6. The molecule has 1 unspecified atom stereocenters. The predicted octanol–water partition coefficient (Wildman–Crippen LogP) is 7.06. The number of anilines is 1. The van der Waals surface area contributed by atoms with Gasteiger partial charge in [0, 0.05) is 29.6 Å². The zero-order valence-corrected chi connectivity index (χ0v) is 24.4. The minimum absolute atomic E-state index is 0.00668. The van der Waals surface area contributed by atoms with Gasteiger partial charge in [-0.3, -0.25) is 9.59 Å². The number of piperidine rings is 1. The number of nitrogens with zero attached hydrogens (tertiary/aromatic N) is 2. The van der Waals surface area contributed by atoms with Crippen LogP contribution in [0.2, 0.25) is 0 Å². The molecule has 3 aromatic rings. The van der Waals surface area contributed by atoms with Crippen LogP contribution in [0.15, 0.2) is 82.6 Å². The zero-order chi connectivity index (χ0) is 27.9. The van der Waals surface area contributed by atoms with Gasteiger partial charge in [-0.15, -0.1) is 0 Å². The average molecular weight is 554 g/mol.